The first kappa shape index (κ1) is 23.8. The molecule has 1 fully saturated rings. The minimum Gasteiger partial charge on any atom is -0.376 e. The molecule has 2 N–H and O–H groups in total. The molecule has 2 aromatic rings. The van der Waals surface area contributed by atoms with Crippen LogP contribution in [0.5, 0.6) is 0 Å². The van der Waals surface area contributed by atoms with E-state index in [1.807, 2.05) is 49.4 Å². The van der Waals surface area contributed by atoms with Gasteiger partial charge >= 0.3 is 0 Å². The Bertz CT molecular complexity index is 847. The van der Waals surface area contributed by atoms with Crippen molar-refractivity contribution >= 4 is 22.4 Å². The quantitative estimate of drug-likeness (QED) is 0.660. The maximum Gasteiger partial charge on any atom is 0.209 e. The Morgan fingerprint density at radius 2 is 1.76 bits per heavy atom. The second-order valence-electron chi connectivity index (χ2n) is 7.18. The van der Waals surface area contributed by atoms with Crippen LogP contribution in [0.2, 0.25) is 0 Å². The van der Waals surface area contributed by atoms with Crippen molar-refractivity contribution in [3.8, 4) is 0 Å². The molecule has 3 atom stereocenters. The Labute approximate surface area is 179 Å². The Balaban J connectivity index is 0.00000300. The van der Waals surface area contributed by atoms with Crippen molar-refractivity contribution in [3.05, 3.63) is 71.3 Å². The highest BCUT2D eigenvalue weighted by Gasteiger charge is 2.23. The molecule has 1 saturated heterocycles. The minimum absolute atomic E-state index is 0. The van der Waals surface area contributed by atoms with E-state index in [1.54, 1.807) is 0 Å². The third-order valence-electron chi connectivity index (χ3n) is 4.67. The summed E-state index contributed by atoms with van der Waals surface area (Å²) in [7, 11) is -3.22. The molecule has 0 bridgehead atoms. The lowest BCUT2D eigenvalue weighted by atomic mass is 10.1. The van der Waals surface area contributed by atoms with Gasteiger partial charge in [0.05, 0.1) is 25.6 Å². The molecule has 2 unspecified atom stereocenters. The van der Waals surface area contributed by atoms with Gasteiger partial charge in [-0.1, -0.05) is 54.6 Å². The molecule has 2 aromatic carbocycles. The van der Waals surface area contributed by atoms with Crippen LogP contribution in [0.3, 0.4) is 0 Å². The summed E-state index contributed by atoms with van der Waals surface area (Å²) in [6.45, 7) is 4.42. The highest BCUT2D eigenvalue weighted by Crippen LogP contribution is 2.23. The van der Waals surface area contributed by atoms with Crippen molar-refractivity contribution < 1.29 is 17.9 Å². The number of ether oxygens (including phenoxy) is 2. The summed E-state index contributed by atoms with van der Waals surface area (Å²) in [6, 6.07) is 17.8. The second kappa shape index (κ2) is 11.1. The van der Waals surface area contributed by atoms with Crippen molar-refractivity contribution in [2.24, 2.45) is 0 Å². The Hall–Kier alpha value is -1.48. The zero-order chi connectivity index (χ0) is 20.0. The fraction of sp³-hybridized carbons (Fsp3) is 0.429. The van der Waals surface area contributed by atoms with Crippen LogP contribution in [-0.4, -0.2) is 40.5 Å². The summed E-state index contributed by atoms with van der Waals surface area (Å²) >= 11 is 0. The van der Waals surface area contributed by atoms with Crippen LogP contribution in [0.4, 0.5) is 0 Å². The molecule has 0 saturated carbocycles. The van der Waals surface area contributed by atoms with Gasteiger partial charge in [0.1, 0.15) is 6.10 Å². The van der Waals surface area contributed by atoms with Crippen LogP contribution >= 0.6 is 12.4 Å². The van der Waals surface area contributed by atoms with Gasteiger partial charge in [-0.2, -0.15) is 0 Å². The van der Waals surface area contributed by atoms with Crippen molar-refractivity contribution in [3.63, 3.8) is 0 Å². The lowest BCUT2D eigenvalue weighted by molar-refractivity contribution is -0.138. The highest BCUT2D eigenvalue weighted by atomic mass is 35.5. The summed E-state index contributed by atoms with van der Waals surface area (Å²) in [4.78, 5) is 0. The molecular formula is C21H29ClN2O4S. The molecule has 0 aliphatic carbocycles. The van der Waals surface area contributed by atoms with Gasteiger partial charge in [-0.3, -0.25) is 0 Å². The average Bonchev–Trinajstić information content (AvgIpc) is 2.68. The SMILES string of the molecule is C[C@@H](NS(C)(=O)=O)c1ccc(CNCC2COCC(c3ccccc3)O2)cc1.Cl. The van der Waals surface area contributed by atoms with Gasteiger partial charge in [-0.15, -0.1) is 12.4 Å². The molecule has 3 rings (SSSR count). The van der Waals surface area contributed by atoms with Gasteiger partial charge in [0.2, 0.25) is 10.0 Å². The van der Waals surface area contributed by atoms with Gasteiger partial charge in [0.25, 0.3) is 0 Å². The fourth-order valence-corrected chi connectivity index (χ4v) is 4.04. The lowest BCUT2D eigenvalue weighted by Gasteiger charge is -2.30. The van der Waals surface area contributed by atoms with Gasteiger partial charge in [-0.25, -0.2) is 13.1 Å². The van der Waals surface area contributed by atoms with Crippen molar-refractivity contribution in [2.45, 2.75) is 31.7 Å². The predicted molar refractivity (Wildman–Crippen MR) is 117 cm³/mol. The van der Waals surface area contributed by atoms with Crippen LogP contribution in [0.25, 0.3) is 0 Å². The van der Waals surface area contributed by atoms with E-state index in [4.69, 9.17) is 9.47 Å². The van der Waals surface area contributed by atoms with E-state index in [2.05, 4.69) is 22.2 Å². The molecule has 0 amide bonds. The van der Waals surface area contributed by atoms with Crippen LogP contribution in [0, 0.1) is 0 Å². The van der Waals surface area contributed by atoms with E-state index in [0.29, 0.717) is 26.3 Å². The van der Waals surface area contributed by atoms with E-state index < -0.39 is 10.0 Å². The molecule has 0 aromatic heterocycles. The van der Waals surface area contributed by atoms with Gasteiger partial charge in [-0.05, 0) is 23.6 Å². The second-order valence-corrected chi connectivity index (χ2v) is 8.96. The Kier molecular flexibility index (Phi) is 9.07. The van der Waals surface area contributed by atoms with Gasteiger partial charge in [0, 0.05) is 19.1 Å². The maximum atomic E-state index is 11.3. The van der Waals surface area contributed by atoms with E-state index in [1.165, 1.54) is 6.26 Å². The van der Waals surface area contributed by atoms with Crippen LogP contribution in [-0.2, 0) is 26.0 Å². The standard InChI is InChI=1S/C21H28N2O4S.ClH/c1-16(23-28(2,24)25)18-10-8-17(9-11-18)12-22-13-20-14-26-15-21(27-20)19-6-4-3-5-7-19;/h3-11,16,20-23H,12-15H2,1-2H3;1H/t16-,20?,21?;/m1./s1. The number of halogens is 1. The summed E-state index contributed by atoms with van der Waals surface area (Å²) in [5.41, 5.74) is 3.20. The number of benzene rings is 2. The molecule has 1 aliphatic heterocycles. The summed E-state index contributed by atoms with van der Waals surface area (Å²) < 4.78 is 37.1. The van der Waals surface area contributed by atoms with Gasteiger partial charge in [0.15, 0.2) is 0 Å². The molecular weight excluding hydrogens is 412 g/mol. The number of hydrogen-bond acceptors (Lipinski definition) is 5. The third-order valence-corrected chi connectivity index (χ3v) is 5.45. The number of nitrogens with one attached hydrogen (secondary N) is 2. The van der Waals surface area contributed by atoms with Crippen molar-refractivity contribution in [1.29, 1.82) is 0 Å². The average molecular weight is 441 g/mol. The van der Waals surface area contributed by atoms with E-state index in [9.17, 15) is 8.42 Å². The van der Waals surface area contributed by atoms with Crippen LogP contribution in [0.15, 0.2) is 54.6 Å². The van der Waals surface area contributed by atoms with Crippen LogP contribution in [0.1, 0.15) is 35.8 Å². The fourth-order valence-electron chi connectivity index (χ4n) is 3.26. The zero-order valence-corrected chi connectivity index (χ0v) is 18.3. The van der Waals surface area contributed by atoms with Crippen LogP contribution < -0.4 is 10.0 Å². The van der Waals surface area contributed by atoms with E-state index in [0.717, 1.165) is 16.7 Å². The molecule has 0 spiro atoms. The summed E-state index contributed by atoms with van der Waals surface area (Å²) in [5, 5.41) is 3.41. The summed E-state index contributed by atoms with van der Waals surface area (Å²) in [6.07, 6.45) is 1.16. The minimum atomic E-state index is -3.22. The molecule has 160 valence electrons. The predicted octanol–water partition coefficient (Wildman–Crippen LogP) is 2.96. The molecule has 0 radical (unpaired) electrons. The van der Waals surface area contributed by atoms with Gasteiger partial charge < -0.3 is 14.8 Å². The normalized spacial score (nSPS) is 20.6. The van der Waals surface area contributed by atoms with Crippen molar-refractivity contribution in [2.75, 3.05) is 26.0 Å². The maximum absolute atomic E-state index is 11.3. The lowest BCUT2D eigenvalue weighted by Crippen LogP contribution is -2.38. The number of hydrogen-bond donors (Lipinski definition) is 2. The monoisotopic (exact) mass is 440 g/mol. The Morgan fingerprint density at radius 3 is 2.41 bits per heavy atom. The first-order chi connectivity index (χ1) is 13.4. The largest absolute Gasteiger partial charge is 0.376 e. The third kappa shape index (κ3) is 7.70. The molecule has 29 heavy (non-hydrogen) atoms. The molecule has 8 heteroatoms. The molecule has 1 aliphatic rings. The van der Waals surface area contributed by atoms with Crippen molar-refractivity contribution in [1.82, 2.24) is 10.0 Å². The molecule has 6 nitrogen and oxygen atoms in total. The number of rotatable bonds is 8. The van der Waals surface area contributed by atoms with E-state index >= 15 is 0 Å². The topological polar surface area (TPSA) is 76.7 Å². The first-order valence-corrected chi connectivity index (χ1v) is 11.3. The summed E-state index contributed by atoms with van der Waals surface area (Å²) in [5.74, 6) is 0. The number of sulfonamides is 1. The van der Waals surface area contributed by atoms with E-state index in [-0.39, 0.29) is 30.7 Å². The first-order valence-electron chi connectivity index (χ1n) is 9.46. The zero-order valence-electron chi connectivity index (χ0n) is 16.7. The smallest absolute Gasteiger partial charge is 0.209 e. The highest BCUT2D eigenvalue weighted by molar-refractivity contribution is 7.88. The Morgan fingerprint density at radius 1 is 1.07 bits per heavy atom. The molecule has 1 heterocycles.